The number of nitrogens with zero attached hydrogens (tertiary/aromatic N) is 2. The van der Waals surface area contributed by atoms with Crippen molar-refractivity contribution in [2.24, 2.45) is 5.92 Å². The predicted octanol–water partition coefficient (Wildman–Crippen LogP) is 2.34. The monoisotopic (exact) mass is 340 g/mol. The number of ether oxygens (including phenoxy) is 1. The van der Waals surface area contributed by atoms with Gasteiger partial charge in [0.05, 0.1) is 13.0 Å². The minimum atomic E-state index is -0.891. The minimum absolute atomic E-state index is 0.171. The maximum absolute atomic E-state index is 12.9. The number of amides is 1. The number of aryl methyl sites for hydroxylation is 1. The molecule has 1 N–H and O–H groups in total. The van der Waals surface area contributed by atoms with E-state index in [1.807, 2.05) is 37.3 Å². The van der Waals surface area contributed by atoms with E-state index in [0.717, 1.165) is 11.3 Å². The van der Waals surface area contributed by atoms with E-state index in [1.54, 1.807) is 17.0 Å². The van der Waals surface area contributed by atoms with Crippen LogP contribution >= 0.6 is 0 Å². The fraction of sp³-hybridized carbons (Fsp3) is 0.316. The van der Waals surface area contributed by atoms with Crippen LogP contribution in [0.1, 0.15) is 27.5 Å². The summed E-state index contributed by atoms with van der Waals surface area (Å²) in [7, 11) is 1.47. The van der Waals surface area contributed by atoms with Crippen LogP contribution < -0.4 is 4.74 Å². The largest absolute Gasteiger partial charge is 0.481 e. The summed E-state index contributed by atoms with van der Waals surface area (Å²) in [4.78, 5) is 30.4. The number of carbonyl (C=O) groups excluding carboxylic acids is 1. The Morgan fingerprint density at radius 2 is 1.88 bits per heavy atom. The Balaban J connectivity index is 1.89. The highest BCUT2D eigenvalue weighted by Gasteiger charge is 2.41. The third-order valence-electron chi connectivity index (χ3n) is 4.58. The molecule has 0 saturated carbocycles. The summed E-state index contributed by atoms with van der Waals surface area (Å²) < 4.78 is 5.22. The molecule has 6 heteroatoms. The molecule has 0 spiro atoms. The van der Waals surface area contributed by atoms with E-state index in [4.69, 9.17) is 4.74 Å². The first-order valence-corrected chi connectivity index (χ1v) is 8.10. The molecule has 25 heavy (non-hydrogen) atoms. The molecular formula is C19H20N2O4. The van der Waals surface area contributed by atoms with Gasteiger partial charge in [0, 0.05) is 24.7 Å². The zero-order valence-electron chi connectivity index (χ0n) is 14.2. The summed E-state index contributed by atoms with van der Waals surface area (Å²) in [6.45, 7) is 2.35. The van der Waals surface area contributed by atoms with Gasteiger partial charge < -0.3 is 14.7 Å². The smallest absolute Gasteiger partial charge is 0.308 e. The molecule has 1 fully saturated rings. The van der Waals surface area contributed by atoms with Crippen molar-refractivity contribution in [3.8, 4) is 5.88 Å². The average molecular weight is 340 g/mol. The van der Waals surface area contributed by atoms with Crippen LogP contribution in [0.2, 0.25) is 0 Å². The van der Waals surface area contributed by atoms with Gasteiger partial charge in [-0.15, -0.1) is 0 Å². The molecule has 0 aliphatic carbocycles. The number of carboxylic acid groups (broad SMARTS) is 1. The molecule has 2 heterocycles. The van der Waals surface area contributed by atoms with Gasteiger partial charge in [-0.25, -0.2) is 4.98 Å². The van der Waals surface area contributed by atoms with Crippen LogP contribution in [0.3, 0.4) is 0 Å². The van der Waals surface area contributed by atoms with Crippen molar-refractivity contribution >= 4 is 11.9 Å². The second-order valence-corrected chi connectivity index (χ2v) is 6.18. The van der Waals surface area contributed by atoms with E-state index in [0.29, 0.717) is 12.1 Å². The Morgan fingerprint density at radius 3 is 2.52 bits per heavy atom. The average Bonchev–Trinajstić information content (AvgIpc) is 3.07. The first-order chi connectivity index (χ1) is 12.0. The quantitative estimate of drug-likeness (QED) is 0.924. The second kappa shape index (κ2) is 6.93. The number of rotatable bonds is 4. The zero-order valence-corrected chi connectivity index (χ0v) is 14.2. The normalized spacial score (nSPS) is 19.7. The van der Waals surface area contributed by atoms with Gasteiger partial charge in [0.15, 0.2) is 0 Å². The molecule has 1 aromatic carbocycles. The van der Waals surface area contributed by atoms with Crippen molar-refractivity contribution in [3.05, 3.63) is 59.3 Å². The molecule has 1 aromatic heterocycles. The van der Waals surface area contributed by atoms with E-state index < -0.39 is 11.9 Å². The van der Waals surface area contributed by atoms with Gasteiger partial charge in [-0.05, 0) is 24.6 Å². The molecule has 0 radical (unpaired) electrons. The summed E-state index contributed by atoms with van der Waals surface area (Å²) >= 11 is 0. The van der Waals surface area contributed by atoms with Crippen molar-refractivity contribution in [1.29, 1.82) is 0 Å². The number of pyridine rings is 1. The van der Waals surface area contributed by atoms with Crippen LogP contribution in [-0.2, 0) is 4.79 Å². The molecule has 1 aliphatic rings. The Labute approximate surface area is 146 Å². The molecule has 130 valence electrons. The number of carboxylic acids is 1. The second-order valence-electron chi connectivity index (χ2n) is 6.18. The van der Waals surface area contributed by atoms with Crippen molar-refractivity contribution in [2.75, 3.05) is 20.2 Å². The number of carbonyl (C=O) groups is 2. The maximum Gasteiger partial charge on any atom is 0.308 e. The molecule has 1 aliphatic heterocycles. The molecule has 2 atom stereocenters. The van der Waals surface area contributed by atoms with Crippen molar-refractivity contribution in [1.82, 2.24) is 9.88 Å². The standard InChI is InChI=1S/C19H20N2O4/c1-12-8-9-14(17(20-12)25-2)18(22)21-10-15(16(11-21)19(23)24)13-6-4-3-5-7-13/h3-9,15-16H,10-11H2,1-2H3,(H,23,24). The molecular weight excluding hydrogens is 320 g/mol. The van der Waals surface area contributed by atoms with Gasteiger partial charge in [0.25, 0.3) is 5.91 Å². The highest BCUT2D eigenvalue weighted by molar-refractivity contribution is 5.97. The number of aromatic nitrogens is 1. The molecule has 3 rings (SSSR count). The Morgan fingerprint density at radius 1 is 1.16 bits per heavy atom. The number of likely N-dealkylation sites (tertiary alicyclic amines) is 1. The lowest BCUT2D eigenvalue weighted by Gasteiger charge is -2.18. The van der Waals surface area contributed by atoms with Crippen LogP contribution in [0.5, 0.6) is 5.88 Å². The van der Waals surface area contributed by atoms with Gasteiger partial charge >= 0.3 is 5.97 Å². The van der Waals surface area contributed by atoms with Crippen molar-refractivity contribution in [2.45, 2.75) is 12.8 Å². The fourth-order valence-electron chi connectivity index (χ4n) is 3.28. The van der Waals surface area contributed by atoms with E-state index in [2.05, 4.69) is 4.98 Å². The van der Waals surface area contributed by atoms with Crippen LogP contribution in [0, 0.1) is 12.8 Å². The van der Waals surface area contributed by atoms with Gasteiger partial charge in [-0.1, -0.05) is 30.3 Å². The van der Waals surface area contributed by atoms with Crippen LogP contribution in [-0.4, -0.2) is 47.1 Å². The summed E-state index contributed by atoms with van der Waals surface area (Å²) in [6, 6.07) is 12.9. The first kappa shape index (κ1) is 17.0. The number of benzene rings is 1. The van der Waals surface area contributed by atoms with Crippen LogP contribution in [0.15, 0.2) is 42.5 Å². The maximum atomic E-state index is 12.9. The number of hydrogen-bond donors (Lipinski definition) is 1. The van der Waals surface area contributed by atoms with E-state index in [9.17, 15) is 14.7 Å². The Kier molecular flexibility index (Phi) is 4.70. The summed E-state index contributed by atoms with van der Waals surface area (Å²) in [5, 5.41) is 9.58. The fourth-order valence-corrected chi connectivity index (χ4v) is 3.28. The number of aliphatic carboxylic acids is 1. The lowest BCUT2D eigenvalue weighted by atomic mass is 9.89. The molecule has 1 saturated heterocycles. The highest BCUT2D eigenvalue weighted by Crippen LogP contribution is 2.34. The van der Waals surface area contributed by atoms with Gasteiger partial charge in [0.1, 0.15) is 5.56 Å². The van der Waals surface area contributed by atoms with E-state index >= 15 is 0 Å². The molecule has 2 unspecified atom stereocenters. The van der Waals surface area contributed by atoms with E-state index in [-0.39, 0.29) is 24.2 Å². The first-order valence-electron chi connectivity index (χ1n) is 8.10. The lowest BCUT2D eigenvalue weighted by Crippen LogP contribution is -2.30. The molecule has 6 nitrogen and oxygen atoms in total. The Bertz CT molecular complexity index is 791. The van der Waals surface area contributed by atoms with Crippen LogP contribution in [0.25, 0.3) is 0 Å². The highest BCUT2D eigenvalue weighted by atomic mass is 16.5. The van der Waals surface area contributed by atoms with Gasteiger partial charge in [-0.3, -0.25) is 9.59 Å². The SMILES string of the molecule is COc1nc(C)ccc1C(=O)N1CC(C(=O)O)C(c2ccccc2)C1. The van der Waals surface area contributed by atoms with Crippen molar-refractivity contribution in [3.63, 3.8) is 0 Å². The molecule has 0 bridgehead atoms. The lowest BCUT2D eigenvalue weighted by molar-refractivity contribution is -0.141. The van der Waals surface area contributed by atoms with E-state index in [1.165, 1.54) is 7.11 Å². The number of hydrogen-bond acceptors (Lipinski definition) is 4. The minimum Gasteiger partial charge on any atom is -0.481 e. The van der Waals surface area contributed by atoms with Gasteiger partial charge in [0.2, 0.25) is 5.88 Å². The summed E-state index contributed by atoms with van der Waals surface area (Å²) in [5.74, 6) is -1.74. The third-order valence-corrected chi connectivity index (χ3v) is 4.58. The third kappa shape index (κ3) is 3.33. The molecule has 2 aromatic rings. The Hall–Kier alpha value is -2.89. The van der Waals surface area contributed by atoms with Gasteiger partial charge in [-0.2, -0.15) is 0 Å². The summed E-state index contributed by atoms with van der Waals surface area (Å²) in [5.41, 5.74) is 2.03. The number of methoxy groups -OCH3 is 1. The summed E-state index contributed by atoms with van der Waals surface area (Å²) in [6.07, 6.45) is 0. The predicted molar refractivity (Wildman–Crippen MR) is 91.7 cm³/mol. The zero-order chi connectivity index (χ0) is 18.0. The van der Waals surface area contributed by atoms with Crippen molar-refractivity contribution < 1.29 is 19.4 Å². The van der Waals surface area contributed by atoms with Crippen LogP contribution in [0.4, 0.5) is 0 Å². The topological polar surface area (TPSA) is 79.7 Å². The molecule has 1 amide bonds.